The Bertz CT molecular complexity index is 648. The van der Waals surface area contributed by atoms with Crippen molar-refractivity contribution in [3.63, 3.8) is 0 Å². The van der Waals surface area contributed by atoms with Crippen molar-refractivity contribution < 1.29 is 9.53 Å². The van der Waals surface area contributed by atoms with E-state index >= 15 is 0 Å². The lowest BCUT2D eigenvalue weighted by Gasteiger charge is -2.35. The van der Waals surface area contributed by atoms with Crippen LogP contribution in [0.25, 0.3) is 0 Å². The highest BCUT2D eigenvalue weighted by Gasteiger charge is 2.27. The lowest BCUT2D eigenvalue weighted by Crippen LogP contribution is -2.41. The molecule has 1 unspecified atom stereocenters. The Morgan fingerprint density at radius 1 is 1.24 bits per heavy atom. The van der Waals surface area contributed by atoms with Crippen molar-refractivity contribution in [3.05, 3.63) is 53.9 Å². The third-order valence-electron chi connectivity index (χ3n) is 4.20. The summed E-state index contributed by atoms with van der Waals surface area (Å²) in [6.07, 6.45) is 2.46. The van der Waals surface area contributed by atoms with Gasteiger partial charge in [-0.15, -0.1) is 0 Å². The van der Waals surface area contributed by atoms with Gasteiger partial charge in [0.1, 0.15) is 5.75 Å². The fourth-order valence-corrected chi connectivity index (χ4v) is 3.03. The number of aromatic nitrogens is 1. The summed E-state index contributed by atoms with van der Waals surface area (Å²) in [6, 6.07) is 12.0. The van der Waals surface area contributed by atoms with Gasteiger partial charge in [-0.1, -0.05) is 18.2 Å². The number of methoxy groups -OCH3 is 1. The molecule has 1 aromatic carbocycles. The summed E-state index contributed by atoms with van der Waals surface area (Å²) in [5.74, 6) is 0.929. The molecule has 1 atom stereocenters. The maximum Gasteiger partial charge on any atom is 0.227 e. The van der Waals surface area contributed by atoms with Crippen LogP contribution in [-0.2, 0) is 17.8 Å². The Balaban J connectivity index is 1.77. The van der Waals surface area contributed by atoms with Crippen molar-refractivity contribution in [3.8, 4) is 5.75 Å². The average Bonchev–Trinajstić information content (AvgIpc) is 2.97. The Morgan fingerprint density at radius 2 is 2.05 bits per heavy atom. The molecule has 0 saturated carbocycles. The number of nitrogens with zero attached hydrogens (tertiary/aromatic N) is 2. The predicted octanol–water partition coefficient (Wildman–Crippen LogP) is 2.64. The predicted molar refractivity (Wildman–Crippen MR) is 81.3 cm³/mol. The van der Waals surface area contributed by atoms with Gasteiger partial charge in [0.15, 0.2) is 0 Å². The summed E-state index contributed by atoms with van der Waals surface area (Å²) < 4.78 is 7.55. The van der Waals surface area contributed by atoms with Crippen LogP contribution in [0.4, 0.5) is 0 Å². The molecule has 0 spiro atoms. The van der Waals surface area contributed by atoms with Crippen LogP contribution in [0.3, 0.4) is 0 Å². The molecule has 0 aliphatic carbocycles. The average molecular weight is 284 g/mol. The van der Waals surface area contributed by atoms with E-state index in [4.69, 9.17) is 4.74 Å². The maximum atomic E-state index is 12.6. The highest BCUT2D eigenvalue weighted by Crippen LogP contribution is 2.27. The number of hydrogen-bond acceptors (Lipinski definition) is 2. The third-order valence-corrected chi connectivity index (χ3v) is 4.20. The van der Waals surface area contributed by atoms with Crippen LogP contribution in [0, 0.1) is 0 Å². The second-order valence-electron chi connectivity index (χ2n) is 5.38. The van der Waals surface area contributed by atoms with E-state index in [2.05, 4.69) is 23.8 Å². The molecule has 1 aliphatic rings. The SMILES string of the molecule is COc1ccccc1CC(=O)N1CCn2cccc2C1C. The van der Waals surface area contributed by atoms with Crippen LogP contribution in [0.15, 0.2) is 42.6 Å². The van der Waals surface area contributed by atoms with E-state index in [1.54, 1.807) is 7.11 Å². The molecule has 2 aromatic rings. The van der Waals surface area contributed by atoms with Gasteiger partial charge in [0.05, 0.1) is 19.6 Å². The first-order chi connectivity index (χ1) is 10.2. The minimum absolute atomic E-state index is 0.121. The van der Waals surface area contributed by atoms with Crippen LogP contribution in [0.1, 0.15) is 24.2 Å². The Labute approximate surface area is 124 Å². The minimum Gasteiger partial charge on any atom is -0.496 e. The van der Waals surface area contributed by atoms with Crippen LogP contribution < -0.4 is 4.74 Å². The zero-order valence-corrected chi connectivity index (χ0v) is 12.5. The lowest BCUT2D eigenvalue weighted by atomic mass is 10.1. The summed E-state index contributed by atoms with van der Waals surface area (Å²) in [4.78, 5) is 14.6. The zero-order valence-electron chi connectivity index (χ0n) is 12.5. The Hall–Kier alpha value is -2.23. The standard InChI is InChI=1S/C17H20N2O2/c1-13-15-7-5-9-18(15)10-11-19(13)17(20)12-14-6-3-4-8-16(14)21-2/h3-9,13H,10-12H2,1-2H3. The molecule has 1 aromatic heterocycles. The molecule has 21 heavy (non-hydrogen) atoms. The van der Waals surface area contributed by atoms with Gasteiger partial charge in [0, 0.05) is 30.5 Å². The molecule has 3 rings (SSSR count). The summed E-state index contributed by atoms with van der Waals surface area (Å²) >= 11 is 0. The van der Waals surface area contributed by atoms with Gasteiger partial charge < -0.3 is 14.2 Å². The molecule has 4 nitrogen and oxygen atoms in total. The Kier molecular flexibility index (Phi) is 3.69. The van der Waals surface area contributed by atoms with E-state index in [-0.39, 0.29) is 11.9 Å². The normalized spacial score (nSPS) is 17.4. The van der Waals surface area contributed by atoms with Gasteiger partial charge >= 0.3 is 0 Å². The van der Waals surface area contributed by atoms with Gasteiger partial charge in [-0.25, -0.2) is 0 Å². The first-order valence-corrected chi connectivity index (χ1v) is 7.27. The summed E-state index contributed by atoms with van der Waals surface area (Å²) in [5.41, 5.74) is 2.15. The summed E-state index contributed by atoms with van der Waals surface area (Å²) in [6.45, 7) is 3.71. The number of carbonyl (C=O) groups is 1. The molecule has 1 amide bonds. The lowest BCUT2D eigenvalue weighted by molar-refractivity contribution is -0.133. The number of hydrogen-bond donors (Lipinski definition) is 0. The molecule has 1 aliphatic heterocycles. The van der Waals surface area contributed by atoms with Crippen molar-refractivity contribution in [2.24, 2.45) is 0 Å². The topological polar surface area (TPSA) is 34.5 Å². The molecule has 4 heteroatoms. The van der Waals surface area contributed by atoms with E-state index in [0.29, 0.717) is 6.42 Å². The number of carbonyl (C=O) groups excluding carboxylic acids is 1. The van der Waals surface area contributed by atoms with Crippen LogP contribution in [-0.4, -0.2) is 29.0 Å². The van der Waals surface area contributed by atoms with Crippen molar-refractivity contribution in [2.75, 3.05) is 13.7 Å². The molecule has 0 saturated heterocycles. The second-order valence-corrected chi connectivity index (χ2v) is 5.38. The van der Waals surface area contributed by atoms with Gasteiger partial charge in [0.2, 0.25) is 5.91 Å². The van der Waals surface area contributed by atoms with Gasteiger partial charge in [-0.3, -0.25) is 4.79 Å². The first-order valence-electron chi connectivity index (χ1n) is 7.27. The van der Waals surface area contributed by atoms with E-state index in [0.717, 1.165) is 24.4 Å². The number of ether oxygens (including phenoxy) is 1. The number of benzene rings is 1. The molecule has 110 valence electrons. The summed E-state index contributed by atoms with van der Waals surface area (Å²) in [7, 11) is 1.64. The fourth-order valence-electron chi connectivity index (χ4n) is 3.03. The van der Waals surface area contributed by atoms with E-state index in [1.165, 1.54) is 5.69 Å². The molecule has 0 radical (unpaired) electrons. The van der Waals surface area contributed by atoms with Crippen molar-refractivity contribution in [1.29, 1.82) is 0 Å². The van der Waals surface area contributed by atoms with Crippen LogP contribution in [0.2, 0.25) is 0 Å². The quantitative estimate of drug-likeness (QED) is 0.868. The van der Waals surface area contributed by atoms with Crippen LogP contribution in [0.5, 0.6) is 5.75 Å². The van der Waals surface area contributed by atoms with Gasteiger partial charge in [-0.2, -0.15) is 0 Å². The number of fused-ring (bicyclic) bond motifs is 1. The fraction of sp³-hybridized carbons (Fsp3) is 0.353. The van der Waals surface area contributed by atoms with E-state index < -0.39 is 0 Å². The number of amides is 1. The molecule has 0 fully saturated rings. The van der Waals surface area contributed by atoms with Crippen molar-refractivity contribution >= 4 is 5.91 Å². The Morgan fingerprint density at radius 3 is 2.86 bits per heavy atom. The smallest absolute Gasteiger partial charge is 0.227 e. The van der Waals surface area contributed by atoms with Crippen LogP contribution >= 0.6 is 0 Å². The van der Waals surface area contributed by atoms with Gasteiger partial charge in [-0.05, 0) is 25.1 Å². The van der Waals surface area contributed by atoms with Crippen molar-refractivity contribution in [1.82, 2.24) is 9.47 Å². The third kappa shape index (κ3) is 2.53. The highest BCUT2D eigenvalue weighted by molar-refractivity contribution is 5.80. The minimum atomic E-state index is 0.121. The van der Waals surface area contributed by atoms with E-state index in [9.17, 15) is 4.79 Å². The van der Waals surface area contributed by atoms with Gasteiger partial charge in [0.25, 0.3) is 0 Å². The number of rotatable bonds is 3. The number of para-hydroxylation sites is 1. The molecule has 0 bridgehead atoms. The first kappa shape index (κ1) is 13.7. The summed E-state index contributed by atoms with van der Waals surface area (Å²) in [5, 5.41) is 0. The molecular formula is C17H20N2O2. The zero-order chi connectivity index (χ0) is 14.8. The monoisotopic (exact) mass is 284 g/mol. The largest absolute Gasteiger partial charge is 0.496 e. The molecule has 0 N–H and O–H groups in total. The second kappa shape index (κ2) is 5.64. The van der Waals surface area contributed by atoms with Crippen molar-refractivity contribution in [2.45, 2.75) is 25.9 Å². The molecule has 2 heterocycles. The van der Waals surface area contributed by atoms with E-state index in [1.807, 2.05) is 35.2 Å². The highest BCUT2D eigenvalue weighted by atomic mass is 16.5. The maximum absolute atomic E-state index is 12.6. The molecular weight excluding hydrogens is 264 g/mol.